The number of amides is 1. The van der Waals surface area contributed by atoms with Crippen molar-refractivity contribution in [3.05, 3.63) is 64.4 Å². The number of methoxy groups -OCH3 is 1. The van der Waals surface area contributed by atoms with Crippen LogP contribution < -0.4 is 5.32 Å². The summed E-state index contributed by atoms with van der Waals surface area (Å²) in [5.41, 5.74) is 1.45. The van der Waals surface area contributed by atoms with Gasteiger partial charge in [-0.3, -0.25) is 4.79 Å². The lowest BCUT2D eigenvalue weighted by atomic mass is 10.0. The summed E-state index contributed by atoms with van der Waals surface area (Å²) in [6.45, 7) is 0. The standard InChI is InChI=1S/C18H15NO3S/c1-22-18(21)17-15(9-10-23-17)19-16(20)11-13-7-4-6-12-5-2-3-8-14(12)13/h2-10H,11H2,1H3,(H,19,20). The zero-order chi connectivity index (χ0) is 16.2. The van der Waals surface area contributed by atoms with Gasteiger partial charge in [-0.25, -0.2) is 4.79 Å². The molecule has 1 amide bonds. The Bertz CT molecular complexity index is 864. The van der Waals surface area contributed by atoms with Crippen molar-refractivity contribution in [2.75, 3.05) is 12.4 Å². The summed E-state index contributed by atoms with van der Waals surface area (Å²) >= 11 is 1.24. The fourth-order valence-corrected chi connectivity index (χ4v) is 3.24. The molecule has 1 heterocycles. The zero-order valence-corrected chi connectivity index (χ0v) is 13.4. The molecule has 0 saturated heterocycles. The normalized spacial score (nSPS) is 10.5. The third-order valence-corrected chi connectivity index (χ3v) is 4.44. The minimum Gasteiger partial charge on any atom is -0.465 e. The van der Waals surface area contributed by atoms with Gasteiger partial charge in [0.15, 0.2) is 0 Å². The van der Waals surface area contributed by atoms with E-state index in [2.05, 4.69) is 5.32 Å². The van der Waals surface area contributed by atoms with Crippen LogP contribution in [0, 0.1) is 0 Å². The van der Waals surface area contributed by atoms with Crippen molar-refractivity contribution in [3.63, 3.8) is 0 Å². The van der Waals surface area contributed by atoms with E-state index in [1.165, 1.54) is 18.4 Å². The number of ether oxygens (including phenoxy) is 1. The number of anilines is 1. The number of rotatable bonds is 4. The number of thiophene rings is 1. The molecular weight excluding hydrogens is 310 g/mol. The third-order valence-electron chi connectivity index (χ3n) is 3.54. The number of benzene rings is 2. The molecule has 3 aromatic rings. The Morgan fingerprint density at radius 3 is 2.70 bits per heavy atom. The lowest BCUT2D eigenvalue weighted by molar-refractivity contribution is -0.115. The predicted octanol–water partition coefficient (Wildman–Crippen LogP) is 3.87. The highest BCUT2D eigenvalue weighted by Gasteiger charge is 2.16. The molecule has 116 valence electrons. The second-order valence-corrected chi connectivity index (χ2v) is 5.93. The van der Waals surface area contributed by atoms with Gasteiger partial charge in [0.1, 0.15) is 4.88 Å². The lowest BCUT2D eigenvalue weighted by Crippen LogP contribution is -2.16. The topological polar surface area (TPSA) is 55.4 Å². The number of carbonyl (C=O) groups is 2. The van der Waals surface area contributed by atoms with Crippen LogP contribution in [0.1, 0.15) is 15.2 Å². The number of nitrogens with one attached hydrogen (secondary N) is 1. The Kier molecular flexibility index (Phi) is 4.39. The van der Waals surface area contributed by atoms with Gasteiger partial charge in [0.25, 0.3) is 0 Å². The van der Waals surface area contributed by atoms with Crippen LogP contribution in [-0.2, 0) is 16.0 Å². The first-order valence-electron chi connectivity index (χ1n) is 7.11. The van der Waals surface area contributed by atoms with Crippen LogP contribution in [0.2, 0.25) is 0 Å². The van der Waals surface area contributed by atoms with Gasteiger partial charge in [-0.15, -0.1) is 11.3 Å². The van der Waals surface area contributed by atoms with Crippen LogP contribution in [0.5, 0.6) is 0 Å². The SMILES string of the molecule is COC(=O)c1sccc1NC(=O)Cc1cccc2ccccc12. The van der Waals surface area contributed by atoms with E-state index in [4.69, 9.17) is 4.74 Å². The summed E-state index contributed by atoms with van der Waals surface area (Å²) in [6, 6.07) is 15.6. The Morgan fingerprint density at radius 2 is 1.87 bits per heavy atom. The molecule has 0 aliphatic heterocycles. The van der Waals surface area contributed by atoms with Crippen molar-refractivity contribution in [3.8, 4) is 0 Å². The minimum absolute atomic E-state index is 0.162. The van der Waals surface area contributed by atoms with Gasteiger partial charge in [-0.1, -0.05) is 42.5 Å². The summed E-state index contributed by atoms with van der Waals surface area (Å²) in [4.78, 5) is 24.4. The predicted molar refractivity (Wildman–Crippen MR) is 91.9 cm³/mol. The Hall–Kier alpha value is -2.66. The molecule has 23 heavy (non-hydrogen) atoms. The smallest absolute Gasteiger partial charge is 0.350 e. The van der Waals surface area contributed by atoms with E-state index >= 15 is 0 Å². The first kappa shape index (κ1) is 15.2. The van der Waals surface area contributed by atoms with Crippen LogP contribution in [0.4, 0.5) is 5.69 Å². The van der Waals surface area contributed by atoms with E-state index in [0.29, 0.717) is 10.6 Å². The monoisotopic (exact) mass is 325 g/mol. The number of hydrogen-bond acceptors (Lipinski definition) is 4. The average Bonchev–Trinajstić information content (AvgIpc) is 3.02. The van der Waals surface area contributed by atoms with Crippen molar-refractivity contribution < 1.29 is 14.3 Å². The Labute approximate surface area is 137 Å². The summed E-state index contributed by atoms with van der Waals surface area (Å²) in [7, 11) is 1.32. The van der Waals surface area contributed by atoms with E-state index in [1.807, 2.05) is 42.5 Å². The summed E-state index contributed by atoms with van der Waals surface area (Å²) in [6.07, 6.45) is 0.248. The molecule has 0 unspecified atom stereocenters. The van der Waals surface area contributed by atoms with E-state index in [9.17, 15) is 9.59 Å². The molecule has 3 rings (SSSR count). The highest BCUT2D eigenvalue weighted by molar-refractivity contribution is 7.12. The zero-order valence-electron chi connectivity index (χ0n) is 12.5. The number of fused-ring (bicyclic) bond motifs is 1. The van der Waals surface area contributed by atoms with E-state index in [1.54, 1.807) is 11.4 Å². The van der Waals surface area contributed by atoms with Crippen molar-refractivity contribution in [2.24, 2.45) is 0 Å². The summed E-state index contributed by atoms with van der Waals surface area (Å²) in [5.74, 6) is -0.606. The van der Waals surface area contributed by atoms with Crippen molar-refractivity contribution in [1.82, 2.24) is 0 Å². The summed E-state index contributed by atoms with van der Waals surface area (Å²) in [5, 5.41) is 6.70. The van der Waals surface area contributed by atoms with Crippen LogP contribution >= 0.6 is 11.3 Å². The average molecular weight is 325 g/mol. The second kappa shape index (κ2) is 6.62. The molecule has 0 atom stereocenters. The van der Waals surface area contributed by atoms with Crippen LogP contribution in [0.15, 0.2) is 53.9 Å². The van der Waals surface area contributed by atoms with E-state index < -0.39 is 5.97 Å². The first-order valence-corrected chi connectivity index (χ1v) is 7.99. The first-order chi connectivity index (χ1) is 11.2. The van der Waals surface area contributed by atoms with Gasteiger partial charge in [0.2, 0.25) is 5.91 Å². The molecule has 4 nitrogen and oxygen atoms in total. The molecule has 0 radical (unpaired) electrons. The maximum atomic E-state index is 12.3. The quantitative estimate of drug-likeness (QED) is 0.741. The Balaban J connectivity index is 1.80. The third kappa shape index (κ3) is 3.24. The number of esters is 1. The van der Waals surface area contributed by atoms with Gasteiger partial charge in [-0.2, -0.15) is 0 Å². The van der Waals surface area contributed by atoms with Crippen LogP contribution in [0.3, 0.4) is 0 Å². The van der Waals surface area contributed by atoms with Gasteiger partial charge in [-0.05, 0) is 27.8 Å². The van der Waals surface area contributed by atoms with Gasteiger partial charge in [0, 0.05) is 0 Å². The number of carbonyl (C=O) groups excluding carboxylic acids is 2. The maximum Gasteiger partial charge on any atom is 0.350 e. The van der Waals surface area contributed by atoms with E-state index in [0.717, 1.165) is 16.3 Å². The van der Waals surface area contributed by atoms with Crippen molar-refractivity contribution in [1.29, 1.82) is 0 Å². The molecule has 1 aromatic heterocycles. The van der Waals surface area contributed by atoms with Gasteiger partial charge < -0.3 is 10.1 Å². The largest absolute Gasteiger partial charge is 0.465 e. The fraction of sp³-hybridized carbons (Fsp3) is 0.111. The Morgan fingerprint density at radius 1 is 1.09 bits per heavy atom. The molecule has 0 aliphatic carbocycles. The summed E-state index contributed by atoms with van der Waals surface area (Å²) < 4.78 is 4.71. The molecular formula is C18H15NO3S. The molecule has 1 N–H and O–H groups in total. The van der Waals surface area contributed by atoms with Crippen LogP contribution in [-0.4, -0.2) is 19.0 Å². The highest BCUT2D eigenvalue weighted by atomic mass is 32.1. The molecule has 0 saturated carbocycles. The maximum absolute atomic E-state index is 12.3. The molecule has 0 bridgehead atoms. The minimum atomic E-state index is -0.444. The van der Waals surface area contributed by atoms with Gasteiger partial charge in [0.05, 0.1) is 19.2 Å². The molecule has 0 spiro atoms. The van der Waals surface area contributed by atoms with Crippen LogP contribution in [0.25, 0.3) is 10.8 Å². The van der Waals surface area contributed by atoms with Gasteiger partial charge >= 0.3 is 5.97 Å². The fourth-order valence-electron chi connectivity index (χ4n) is 2.47. The van der Waals surface area contributed by atoms with E-state index in [-0.39, 0.29) is 12.3 Å². The lowest BCUT2D eigenvalue weighted by Gasteiger charge is -2.08. The number of hydrogen-bond donors (Lipinski definition) is 1. The van der Waals surface area contributed by atoms with Crippen molar-refractivity contribution >= 4 is 39.7 Å². The molecule has 0 aliphatic rings. The van der Waals surface area contributed by atoms with Crippen molar-refractivity contribution in [2.45, 2.75) is 6.42 Å². The molecule has 5 heteroatoms. The molecule has 2 aromatic carbocycles. The second-order valence-electron chi connectivity index (χ2n) is 5.02. The molecule has 0 fully saturated rings. The highest BCUT2D eigenvalue weighted by Crippen LogP contribution is 2.24.